The van der Waals surface area contributed by atoms with Crippen LogP contribution in [0, 0.1) is 5.41 Å². The largest absolute Gasteiger partial charge is 0.379 e. The summed E-state index contributed by atoms with van der Waals surface area (Å²) in [6.45, 7) is 5.46. The number of rotatable bonds is 5. The van der Waals surface area contributed by atoms with Crippen molar-refractivity contribution in [1.82, 2.24) is 19.8 Å². The second-order valence-corrected chi connectivity index (χ2v) is 7.03. The number of hydrogen-bond donors (Lipinski definition) is 1. The van der Waals surface area contributed by atoms with Crippen molar-refractivity contribution in [3.63, 3.8) is 0 Å². The first-order valence-corrected chi connectivity index (χ1v) is 8.97. The molecule has 1 aromatic heterocycles. The third kappa shape index (κ3) is 4.02. The normalized spacial score (nSPS) is 22.4. The smallest absolute Gasteiger partial charge is 0.272 e. The molecule has 1 amide bonds. The summed E-state index contributed by atoms with van der Waals surface area (Å²) < 4.78 is 9.20. The van der Waals surface area contributed by atoms with E-state index >= 15 is 0 Å². The van der Waals surface area contributed by atoms with Gasteiger partial charge in [0.1, 0.15) is 0 Å². The molecule has 2 heterocycles. The van der Waals surface area contributed by atoms with Gasteiger partial charge in [-0.2, -0.15) is 0 Å². The molecule has 0 spiro atoms. The van der Waals surface area contributed by atoms with E-state index in [0.717, 1.165) is 39.4 Å². The van der Waals surface area contributed by atoms with Crippen molar-refractivity contribution in [3.05, 3.63) is 11.1 Å². The van der Waals surface area contributed by atoms with Crippen LogP contribution >= 0.6 is 11.5 Å². The molecule has 3 rings (SSSR count). The Morgan fingerprint density at radius 1 is 1.32 bits per heavy atom. The van der Waals surface area contributed by atoms with Crippen LogP contribution in [-0.2, 0) is 4.74 Å². The summed E-state index contributed by atoms with van der Waals surface area (Å²) in [5, 5.41) is 8.64. The van der Waals surface area contributed by atoms with Gasteiger partial charge >= 0.3 is 0 Å². The summed E-state index contributed by atoms with van der Waals surface area (Å²) >= 11 is 1.21. The van der Waals surface area contributed by atoms with Gasteiger partial charge < -0.3 is 10.1 Å². The molecule has 0 unspecified atom stereocenters. The maximum absolute atomic E-state index is 12.1. The number of nitrogens with one attached hydrogen (secondary N) is 1. The first-order valence-electron chi connectivity index (χ1n) is 8.13. The Hall–Kier alpha value is -1.05. The second kappa shape index (κ2) is 7.48. The van der Waals surface area contributed by atoms with Crippen molar-refractivity contribution >= 4 is 17.4 Å². The van der Waals surface area contributed by atoms with Gasteiger partial charge in [-0.25, -0.2) is 0 Å². The molecule has 1 aromatic rings. The summed E-state index contributed by atoms with van der Waals surface area (Å²) in [5.74, 6) is -0.0966. The van der Waals surface area contributed by atoms with E-state index in [-0.39, 0.29) is 11.3 Å². The third-order valence-corrected chi connectivity index (χ3v) is 5.30. The van der Waals surface area contributed by atoms with Crippen LogP contribution in [-0.4, -0.2) is 59.8 Å². The molecule has 1 aliphatic heterocycles. The fourth-order valence-corrected chi connectivity index (χ4v) is 3.98. The topological polar surface area (TPSA) is 67.4 Å². The van der Waals surface area contributed by atoms with Gasteiger partial charge in [-0.15, -0.1) is 5.10 Å². The van der Waals surface area contributed by atoms with Gasteiger partial charge in [0.15, 0.2) is 5.69 Å². The van der Waals surface area contributed by atoms with E-state index in [9.17, 15) is 4.79 Å². The van der Waals surface area contributed by atoms with Crippen LogP contribution in [0.5, 0.6) is 0 Å². The first-order chi connectivity index (χ1) is 10.8. The lowest BCUT2D eigenvalue weighted by Gasteiger charge is -2.42. The van der Waals surface area contributed by atoms with Gasteiger partial charge in [-0.1, -0.05) is 23.8 Å². The van der Waals surface area contributed by atoms with Crippen molar-refractivity contribution in [2.24, 2.45) is 5.41 Å². The van der Waals surface area contributed by atoms with Crippen LogP contribution in [0.25, 0.3) is 0 Å². The molecule has 22 heavy (non-hydrogen) atoms. The van der Waals surface area contributed by atoms with Gasteiger partial charge in [0.2, 0.25) is 0 Å². The molecular weight excluding hydrogens is 300 g/mol. The number of nitrogens with zero attached hydrogens (tertiary/aromatic N) is 3. The molecule has 0 radical (unpaired) electrons. The Balaban J connectivity index is 1.59. The molecule has 1 saturated heterocycles. The van der Waals surface area contributed by atoms with Crippen molar-refractivity contribution < 1.29 is 9.53 Å². The lowest BCUT2D eigenvalue weighted by molar-refractivity contribution is 0.00727. The number of ether oxygens (including phenoxy) is 1. The van der Waals surface area contributed by atoms with E-state index in [2.05, 4.69) is 19.8 Å². The summed E-state index contributed by atoms with van der Waals surface area (Å²) in [4.78, 5) is 14.6. The van der Waals surface area contributed by atoms with E-state index in [1.54, 1.807) is 5.38 Å². The zero-order chi connectivity index (χ0) is 15.3. The molecule has 6 nitrogen and oxygen atoms in total. The Labute approximate surface area is 135 Å². The van der Waals surface area contributed by atoms with Crippen molar-refractivity contribution in [2.45, 2.75) is 32.1 Å². The monoisotopic (exact) mass is 324 g/mol. The van der Waals surface area contributed by atoms with Crippen LogP contribution in [0.2, 0.25) is 0 Å². The summed E-state index contributed by atoms with van der Waals surface area (Å²) in [5.41, 5.74) is 0.636. The molecule has 1 N–H and O–H groups in total. The molecule has 0 atom stereocenters. The van der Waals surface area contributed by atoms with Gasteiger partial charge in [-0.3, -0.25) is 9.69 Å². The Morgan fingerprint density at radius 3 is 2.77 bits per heavy atom. The summed E-state index contributed by atoms with van der Waals surface area (Å²) in [6.07, 6.45) is 6.23. The molecule has 0 aromatic carbocycles. The van der Waals surface area contributed by atoms with Crippen LogP contribution in [0.1, 0.15) is 42.6 Å². The van der Waals surface area contributed by atoms with E-state index in [1.165, 1.54) is 43.6 Å². The highest BCUT2D eigenvalue weighted by molar-refractivity contribution is 7.03. The average Bonchev–Trinajstić information content (AvgIpc) is 3.09. The lowest BCUT2D eigenvalue weighted by atomic mass is 9.73. The van der Waals surface area contributed by atoms with E-state index in [1.807, 2.05) is 0 Å². The molecule has 2 fully saturated rings. The zero-order valence-corrected chi connectivity index (χ0v) is 13.7. The summed E-state index contributed by atoms with van der Waals surface area (Å²) in [7, 11) is 0. The maximum Gasteiger partial charge on any atom is 0.272 e. The molecule has 122 valence electrons. The number of carbonyl (C=O) groups is 1. The molecule has 0 bridgehead atoms. The predicted octanol–water partition coefficient (Wildman–Crippen LogP) is 1.55. The van der Waals surface area contributed by atoms with Gasteiger partial charge in [0.25, 0.3) is 5.91 Å². The van der Waals surface area contributed by atoms with Crippen LogP contribution in [0.3, 0.4) is 0 Å². The standard InChI is InChI=1S/C15H24N4O2S/c20-14(13-10-22-18-17-13)16-11-15(4-2-1-3-5-15)12-19-6-8-21-9-7-19/h10H,1-9,11-12H2,(H,16,20). The SMILES string of the molecule is O=C(NCC1(CN2CCOCC2)CCCCC1)c1csnn1. The number of aromatic nitrogens is 2. The number of morpholine rings is 1. The number of carbonyl (C=O) groups excluding carboxylic acids is 1. The average molecular weight is 324 g/mol. The number of amides is 1. The van der Waals surface area contributed by atoms with Gasteiger partial charge in [0, 0.05) is 37.0 Å². The predicted molar refractivity (Wildman–Crippen MR) is 85.0 cm³/mol. The fourth-order valence-electron chi connectivity index (χ4n) is 3.55. The Bertz CT molecular complexity index is 468. The molecule has 1 aliphatic carbocycles. The quantitative estimate of drug-likeness (QED) is 0.890. The second-order valence-electron chi connectivity index (χ2n) is 6.42. The van der Waals surface area contributed by atoms with Crippen molar-refractivity contribution in [1.29, 1.82) is 0 Å². The highest BCUT2D eigenvalue weighted by Gasteiger charge is 2.34. The molecule has 2 aliphatic rings. The van der Waals surface area contributed by atoms with Crippen LogP contribution in [0.15, 0.2) is 5.38 Å². The van der Waals surface area contributed by atoms with Crippen molar-refractivity contribution in [3.8, 4) is 0 Å². The van der Waals surface area contributed by atoms with Gasteiger partial charge in [-0.05, 0) is 24.4 Å². The summed E-state index contributed by atoms with van der Waals surface area (Å²) in [6, 6.07) is 0. The highest BCUT2D eigenvalue weighted by Crippen LogP contribution is 2.36. The highest BCUT2D eigenvalue weighted by atomic mass is 32.1. The minimum Gasteiger partial charge on any atom is -0.379 e. The van der Waals surface area contributed by atoms with Gasteiger partial charge in [0.05, 0.1) is 13.2 Å². The van der Waals surface area contributed by atoms with E-state index in [0.29, 0.717) is 5.69 Å². The third-order valence-electron chi connectivity index (χ3n) is 4.79. The minimum atomic E-state index is -0.0966. The first kappa shape index (κ1) is 15.8. The maximum atomic E-state index is 12.1. The molecule has 7 heteroatoms. The van der Waals surface area contributed by atoms with E-state index < -0.39 is 0 Å². The van der Waals surface area contributed by atoms with Crippen molar-refractivity contribution in [2.75, 3.05) is 39.4 Å². The van der Waals surface area contributed by atoms with Crippen LogP contribution in [0.4, 0.5) is 0 Å². The van der Waals surface area contributed by atoms with E-state index in [4.69, 9.17) is 4.74 Å². The van der Waals surface area contributed by atoms with Crippen LogP contribution < -0.4 is 5.32 Å². The Morgan fingerprint density at radius 2 is 2.09 bits per heavy atom. The lowest BCUT2D eigenvalue weighted by Crippen LogP contribution is -2.49. The number of hydrogen-bond acceptors (Lipinski definition) is 6. The molecular formula is C15H24N4O2S. The zero-order valence-electron chi connectivity index (χ0n) is 12.9. The minimum absolute atomic E-state index is 0.0966. The fraction of sp³-hybridized carbons (Fsp3) is 0.800. The molecule has 1 saturated carbocycles. The Kier molecular flexibility index (Phi) is 5.38.